The van der Waals surface area contributed by atoms with Crippen molar-refractivity contribution >= 4 is 53.2 Å². The number of halogens is 3. The zero-order valence-electron chi connectivity index (χ0n) is 11.7. The molecule has 0 aliphatic heterocycles. The lowest BCUT2D eigenvalue weighted by atomic mass is 10.2. The van der Waals surface area contributed by atoms with Crippen molar-refractivity contribution in [2.75, 3.05) is 13.6 Å². The molecule has 118 valence electrons. The molecule has 0 radical (unpaired) electrons. The molecule has 4 nitrogen and oxygen atoms in total. The smallest absolute Gasteiger partial charge is 0.262 e. The summed E-state index contributed by atoms with van der Waals surface area (Å²) >= 11 is 9.12. The molecule has 0 N–H and O–H groups in total. The van der Waals surface area contributed by atoms with Crippen molar-refractivity contribution < 1.29 is 13.2 Å². The van der Waals surface area contributed by atoms with Gasteiger partial charge in [0.25, 0.3) is 15.0 Å². The topological polar surface area (TPSA) is 54.5 Å². The summed E-state index contributed by atoms with van der Waals surface area (Å²) in [6, 6.07) is 2.57. The molecule has 0 spiro atoms. The summed E-state index contributed by atoms with van der Waals surface area (Å²) in [5.74, 6) is -0.329. The largest absolute Gasteiger partial charge is 0.342 e. The Morgan fingerprint density at radius 2 is 1.95 bits per heavy atom. The van der Waals surface area contributed by atoms with Crippen LogP contribution in [-0.4, -0.2) is 32.8 Å². The van der Waals surface area contributed by atoms with Gasteiger partial charge in [-0.05, 0) is 34.5 Å². The number of carbonyl (C=O) groups is 1. The molecule has 1 aromatic carbocycles. The van der Waals surface area contributed by atoms with Crippen LogP contribution < -0.4 is 0 Å². The Labute approximate surface area is 143 Å². The second kappa shape index (κ2) is 7.81. The monoisotopic (exact) mass is 415 g/mol. The Bertz CT molecular complexity index is 635. The molecule has 1 rings (SSSR count). The molecule has 1 aromatic rings. The number of amides is 1. The van der Waals surface area contributed by atoms with Gasteiger partial charge >= 0.3 is 0 Å². The van der Waals surface area contributed by atoms with Gasteiger partial charge in [0.1, 0.15) is 0 Å². The van der Waals surface area contributed by atoms with Gasteiger partial charge < -0.3 is 4.90 Å². The fourth-order valence-electron chi connectivity index (χ4n) is 1.79. The highest BCUT2D eigenvalue weighted by Gasteiger charge is 2.22. The standard InChI is InChI=1S/C13H16BrCl2NO3S/c1-3-4-5-6-17(2)13(18)9-7-12(21(16,19)20)10(14)8-11(9)15/h7-8H,3-6H2,1-2H3. The van der Waals surface area contributed by atoms with E-state index >= 15 is 0 Å². The van der Waals surface area contributed by atoms with Crippen LogP contribution in [0.2, 0.25) is 5.02 Å². The molecule has 0 atom stereocenters. The van der Waals surface area contributed by atoms with Crippen LogP contribution >= 0.6 is 38.2 Å². The second-order valence-corrected chi connectivity index (χ2v) is 8.43. The van der Waals surface area contributed by atoms with Gasteiger partial charge in [0.05, 0.1) is 15.5 Å². The van der Waals surface area contributed by atoms with E-state index in [9.17, 15) is 13.2 Å². The lowest BCUT2D eigenvalue weighted by molar-refractivity contribution is 0.0792. The van der Waals surface area contributed by atoms with E-state index in [1.807, 2.05) is 0 Å². The first kappa shape index (κ1) is 18.7. The molecule has 0 heterocycles. The highest BCUT2D eigenvalue weighted by Crippen LogP contribution is 2.31. The maximum Gasteiger partial charge on any atom is 0.262 e. The van der Waals surface area contributed by atoms with Crippen LogP contribution in [0, 0.1) is 0 Å². The number of benzene rings is 1. The quantitative estimate of drug-likeness (QED) is 0.513. The fraction of sp³-hybridized carbons (Fsp3) is 0.462. The van der Waals surface area contributed by atoms with Gasteiger partial charge in [-0.2, -0.15) is 0 Å². The summed E-state index contributed by atoms with van der Waals surface area (Å²) in [5.41, 5.74) is 0.123. The van der Waals surface area contributed by atoms with E-state index in [1.165, 1.54) is 17.0 Å². The molecule has 0 aliphatic carbocycles. The van der Waals surface area contributed by atoms with Gasteiger partial charge in [0, 0.05) is 28.7 Å². The zero-order valence-corrected chi connectivity index (χ0v) is 15.6. The third kappa shape index (κ3) is 5.13. The first-order valence-corrected chi connectivity index (χ1v) is 9.85. The third-order valence-corrected chi connectivity index (χ3v) is 5.55. The highest BCUT2D eigenvalue weighted by atomic mass is 79.9. The first-order valence-electron chi connectivity index (χ1n) is 6.37. The molecule has 0 fully saturated rings. The van der Waals surface area contributed by atoms with Crippen molar-refractivity contribution in [3.8, 4) is 0 Å². The van der Waals surface area contributed by atoms with E-state index in [2.05, 4.69) is 22.9 Å². The lowest BCUT2D eigenvalue weighted by Crippen LogP contribution is -2.28. The van der Waals surface area contributed by atoms with Gasteiger partial charge in [-0.1, -0.05) is 31.4 Å². The third-order valence-electron chi connectivity index (χ3n) is 2.96. The SMILES string of the molecule is CCCCCN(C)C(=O)c1cc(S(=O)(=O)Cl)c(Br)cc1Cl. The number of hydrogen-bond acceptors (Lipinski definition) is 3. The van der Waals surface area contributed by atoms with Crippen molar-refractivity contribution in [2.45, 2.75) is 31.1 Å². The summed E-state index contributed by atoms with van der Waals surface area (Å²) in [5, 5.41) is 0.179. The fourth-order valence-corrected chi connectivity index (χ4v) is 4.36. The minimum absolute atomic E-state index is 0.123. The van der Waals surface area contributed by atoms with E-state index in [-0.39, 0.29) is 25.9 Å². The van der Waals surface area contributed by atoms with Gasteiger partial charge in [-0.15, -0.1) is 0 Å². The van der Waals surface area contributed by atoms with Crippen LogP contribution in [0.15, 0.2) is 21.5 Å². The van der Waals surface area contributed by atoms with E-state index in [0.29, 0.717) is 6.54 Å². The summed E-state index contributed by atoms with van der Waals surface area (Å²) in [7, 11) is 3.05. The predicted octanol–water partition coefficient (Wildman–Crippen LogP) is 4.29. The first-order chi connectivity index (χ1) is 9.68. The Kier molecular flexibility index (Phi) is 6.97. The second-order valence-electron chi connectivity index (χ2n) is 4.63. The summed E-state index contributed by atoms with van der Waals surface area (Å²) in [6.07, 6.45) is 2.95. The van der Waals surface area contributed by atoms with Crippen LogP contribution in [0.25, 0.3) is 0 Å². The van der Waals surface area contributed by atoms with Crippen LogP contribution in [0.1, 0.15) is 36.5 Å². The van der Waals surface area contributed by atoms with E-state index in [1.54, 1.807) is 7.05 Å². The van der Waals surface area contributed by atoms with Crippen molar-refractivity contribution in [1.82, 2.24) is 4.90 Å². The maximum atomic E-state index is 12.3. The molecule has 1 amide bonds. The molecule has 0 unspecified atom stereocenters. The van der Waals surface area contributed by atoms with Crippen LogP contribution in [0.3, 0.4) is 0 Å². The highest BCUT2D eigenvalue weighted by molar-refractivity contribution is 9.10. The zero-order chi connectivity index (χ0) is 16.2. The average molecular weight is 417 g/mol. The predicted molar refractivity (Wildman–Crippen MR) is 88.7 cm³/mol. The van der Waals surface area contributed by atoms with E-state index in [4.69, 9.17) is 22.3 Å². The summed E-state index contributed by atoms with van der Waals surface area (Å²) in [6.45, 7) is 2.66. The lowest BCUT2D eigenvalue weighted by Gasteiger charge is -2.18. The summed E-state index contributed by atoms with van der Waals surface area (Å²) in [4.78, 5) is 13.7. The maximum absolute atomic E-state index is 12.3. The van der Waals surface area contributed by atoms with Gasteiger partial charge in [0.2, 0.25) is 0 Å². The minimum Gasteiger partial charge on any atom is -0.342 e. The Hall–Kier alpha value is -0.300. The molecule has 0 aliphatic rings. The van der Waals surface area contributed by atoms with Crippen molar-refractivity contribution in [1.29, 1.82) is 0 Å². The van der Waals surface area contributed by atoms with E-state index < -0.39 is 9.05 Å². The molecule has 0 saturated heterocycles. The Morgan fingerprint density at radius 1 is 1.33 bits per heavy atom. The molecule has 0 bridgehead atoms. The number of hydrogen-bond donors (Lipinski definition) is 0. The molecule has 0 saturated carbocycles. The van der Waals surface area contributed by atoms with Crippen molar-refractivity contribution in [3.63, 3.8) is 0 Å². The molecule has 8 heteroatoms. The molecule has 0 aromatic heterocycles. The number of rotatable bonds is 6. The molecular weight excluding hydrogens is 401 g/mol. The Morgan fingerprint density at radius 3 is 2.48 bits per heavy atom. The number of nitrogens with zero attached hydrogens (tertiary/aromatic N) is 1. The van der Waals surface area contributed by atoms with Crippen molar-refractivity contribution in [2.24, 2.45) is 0 Å². The van der Waals surface area contributed by atoms with Crippen molar-refractivity contribution in [3.05, 3.63) is 27.2 Å². The molecule has 21 heavy (non-hydrogen) atoms. The van der Waals surface area contributed by atoms with Gasteiger partial charge in [-0.25, -0.2) is 8.42 Å². The summed E-state index contributed by atoms with van der Waals surface area (Å²) < 4.78 is 23.2. The average Bonchev–Trinajstić information content (AvgIpc) is 2.36. The van der Waals surface area contributed by atoms with Crippen LogP contribution in [-0.2, 0) is 9.05 Å². The van der Waals surface area contributed by atoms with Gasteiger partial charge in [-0.3, -0.25) is 4.79 Å². The van der Waals surface area contributed by atoms with Gasteiger partial charge in [0.15, 0.2) is 0 Å². The minimum atomic E-state index is -3.96. The van der Waals surface area contributed by atoms with E-state index in [0.717, 1.165) is 19.3 Å². The number of unbranched alkanes of at least 4 members (excludes halogenated alkanes) is 2. The van der Waals surface area contributed by atoms with Crippen LogP contribution in [0.5, 0.6) is 0 Å². The van der Waals surface area contributed by atoms with Crippen LogP contribution in [0.4, 0.5) is 0 Å². The normalized spacial score (nSPS) is 11.5. The molecular formula is C13H16BrCl2NO3S. The number of carbonyl (C=O) groups excluding carboxylic acids is 1. The Balaban J connectivity index is 3.10.